The first kappa shape index (κ1) is 25.8. The predicted molar refractivity (Wildman–Crippen MR) is 110 cm³/mol. The fourth-order valence-electron chi connectivity index (χ4n) is 3.60. The molecule has 0 aromatic heterocycles. The lowest BCUT2D eigenvalue weighted by Crippen LogP contribution is -2.56. The molecule has 2 heterocycles. The SMILES string of the molecule is O=S(=O)(O)CCN1CCN(CCO)C(OS(=O)(=O)CCN2CCN(CCO)CC2)C1. The van der Waals surface area contributed by atoms with Gasteiger partial charge in [-0.2, -0.15) is 16.8 Å². The summed E-state index contributed by atoms with van der Waals surface area (Å²) < 4.78 is 61.4. The maximum atomic E-state index is 12.5. The van der Waals surface area contributed by atoms with E-state index in [1.807, 2.05) is 4.90 Å². The highest BCUT2D eigenvalue weighted by molar-refractivity contribution is 7.86. The van der Waals surface area contributed by atoms with E-state index < -0.39 is 32.2 Å². The Bertz CT molecular complexity index is 713. The van der Waals surface area contributed by atoms with Crippen LogP contribution < -0.4 is 0 Å². The van der Waals surface area contributed by atoms with Gasteiger partial charge in [-0.25, -0.2) is 4.18 Å². The van der Waals surface area contributed by atoms with Crippen LogP contribution in [-0.2, 0) is 24.4 Å². The van der Waals surface area contributed by atoms with Gasteiger partial charge in [0.15, 0.2) is 0 Å². The summed E-state index contributed by atoms with van der Waals surface area (Å²) in [6.07, 6.45) is -0.821. The van der Waals surface area contributed by atoms with Gasteiger partial charge in [0.1, 0.15) is 6.23 Å². The van der Waals surface area contributed by atoms with E-state index in [2.05, 4.69) is 4.90 Å². The van der Waals surface area contributed by atoms with E-state index in [4.69, 9.17) is 13.8 Å². The first-order chi connectivity index (χ1) is 14.1. The van der Waals surface area contributed by atoms with Gasteiger partial charge in [-0.05, 0) is 0 Å². The van der Waals surface area contributed by atoms with Crippen molar-refractivity contribution in [1.29, 1.82) is 0 Å². The van der Waals surface area contributed by atoms with Gasteiger partial charge in [-0.1, -0.05) is 0 Å². The van der Waals surface area contributed by atoms with Crippen molar-refractivity contribution in [2.24, 2.45) is 0 Å². The second-order valence-corrected chi connectivity index (χ2v) is 10.9. The molecule has 0 radical (unpaired) electrons. The van der Waals surface area contributed by atoms with Crippen molar-refractivity contribution in [3.05, 3.63) is 0 Å². The Morgan fingerprint density at radius 3 is 1.83 bits per heavy atom. The highest BCUT2D eigenvalue weighted by atomic mass is 32.2. The van der Waals surface area contributed by atoms with Gasteiger partial charge in [0.25, 0.3) is 20.2 Å². The van der Waals surface area contributed by atoms with Gasteiger partial charge in [-0.15, -0.1) is 0 Å². The zero-order valence-electron chi connectivity index (χ0n) is 17.2. The second-order valence-electron chi connectivity index (χ2n) is 7.57. The standard InChI is InChI=1S/C16H34N4O8S2/c21-11-7-17-1-3-18(4-2-17)10-14-30(26,27)28-16-15-19(9-13-29(23,24)25)5-6-20(16)8-12-22/h16,21-22H,1-15H2,(H,23,24,25). The van der Waals surface area contributed by atoms with Crippen LogP contribution in [0, 0.1) is 0 Å². The summed E-state index contributed by atoms with van der Waals surface area (Å²) >= 11 is 0. The Kier molecular flexibility index (Phi) is 10.3. The van der Waals surface area contributed by atoms with E-state index >= 15 is 0 Å². The molecule has 14 heteroatoms. The van der Waals surface area contributed by atoms with Crippen molar-refractivity contribution in [2.75, 3.05) is 96.7 Å². The maximum absolute atomic E-state index is 12.5. The molecular formula is C16H34N4O8S2. The molecule has 178 valence electrons. The van der Waals surface area contributed by atoms with Crippen molar-refractivity contribution in [2.45, 2.75) is 6.23 Å². The Balaban J connectivity index is 1.86. The molecule has 2 aliphatic heterocycles. The number of hydrogen-bond donors (Lipinski definition) is 3. The third-order valence-electron chi connectivity index (χ3n) is 5.37. The average molecular weight is 475 g/mol. The number of aliphatic hydroxyl groups excluding tert-OH is 2. The van der Waals surface area contributed by atoms with Crippen LogP contribution in [0.15, 0.2) is 0 Å². The summed E-state index contributed by atoms with van der Waals surface area (Å²) in [6, 6.07) is 0. The minimum absolute atomic E-state index is 0.0732. The summed E-state index contributed by atoms with van der Waals surface area (Å²) in [6.45, 7) is 5.29. The lowest BCUT2D eigenvalue weighted by Gasteiger charge is -2.40. The fourth-order valence-corrected chi connectivity index (χ4v) is 5.19. The molecule has 12 nitrogen and oxygen atoms in total. The summed E-state index contributed by atoms with van der Waals surface area (Å²) in [5.74, 6) is -0.601. The Labute approximate surface area is 178 Å². The van der Waals surface area contributed by atoms with Crippen LogP contribution in [-0.4, -0.2) is 154 Å². The fraction of sp³-hybridized carbons (Fsp3) is 1.00. The molecule has 0 aromatic rings. The molecule has 1 atom stereocenters. The van der Waals surface area contributed by atoms with Crippen LogP contribution in [0.25, 0.3) is 0 Å². The lowest BCUT2D eigenvalue weighted by atomic mass is 10.3. The normalized spacial score (nSPS) is 23.8. The van der Waals surface area contributed by atoms with E-state index in [1.54, 1.807) is 9.80 Å². The Hall–Kier alpha value is -0.420. The van der Waals surface area contributed by atoms with Crippen LogP contribution in [0.1, 0.15) is 0 Å². The van der Waals surface area contributed by atoms with E-state index in [0.29, 0.717) is 26.2 Å². The number of β-amino-alcohol motifs (C(OH)–C–C–N with tert-alkyl or cyclic N) is 2. The van der Waals surface area contributed by atoms with Crippen molar-refractivity contribution >= 4 is 20.2 Å². The third-order valence-corrected chi connectivity index (χ3v) is 7.27. The van der Waals surface area contributed by atoms with Crippen molar-refractivity contribution in [3.63, 3.8) is 0 Å². The smallest absolute Gasteiger partial charge is 0.270 e. The number of aliphatic hydroxyl groups is 2. The molecule has 30 heavy (non-hydrogen) atoms. The first-order valence-corrected chi connectivity index (χ1v) is 13.3. The van der Waals surface area contributed by atoms with E-state index in [0.717, 1.165) is 26.2 Å². The molecule has 0 saturated carbocycles. The molecule has 0 spiro atoms. The van der Waals surface area contributed by atoms with Crippen molar-refractivity contribution in [3.8, 4) is 0 Å². The monoisotopic (exact) mass is 474 g/mol. The lowest BCUT2D eigenvalue weighted by molar-refractivity contribution is -0.0399. The zero-order chi connectivity index (χ0) is 22.2. The quantitative estimate of drug-likeness (QED) is 0.193. The molecule has 0 bridgehead atoms. The summed E-state index contributed by atoms with van der Waals surface area (Å²) in [4.78, 5) is 7.61. The van der Waals surface area contributed by atoms with Gasteiger partial charge in [0, 0.05) is 72.0 Å². The molecule has 2 fully saturated rings. The summed E-state index contributed by atoms with van der Waals surface area (Å²) in [7, 11) is -7.94. The Morgan fingerprint density at radius 1 is 0.733 bits per heavy atom. The van der Waals surface area contributed by atoms with Crippen LogP contribution >= 0.6 is 0 Å². The molecule has 0 aromatic carbocycles. The third kappa shape index (κ3) is 9.38. The molecule has 0 aliphatic carbocycles. The van der Waals surface area contributed by atoms with Gasteiger partial charge in [0.2, 0.25) is 0 Å². The molecular weight excluding hydrogens is 440 g/mol. The highest BCUT2D eigenvalue weighted by Gasteiger charge is 2.32. The minimum Gasteiger partial charge on any atom is -0.395 e. The molecule has 2 rings (SSSR count). The molecule has 2 saturated heterocycles. The van der Waals surface area contributed by atoms with E-state index in [1.165, 1.54) is 0 Å². The van der Waals surface area contributed by atoms with Crippen molar-refractivity contribution in [1.82, 2.24) is 19.6 Å². The van der Waals surface area contributed by atoms with Crippen molar-refractivity contribution < 1.29 is 35.8 Å². The van der Waals surface area contributed by atoms with Gasteiger partial charge in [0.05, 0.1) is 24.7 Å². The van der Waals surface area contributed by atoms with Gasteiger partial charge in [-0.3, -0.25) is 24.2 Å². The topological polar surface area (TPSA) is 151 Å². The molecule has 0 amide bonds. The number of hydrogen-bond acceptors (Lipinski definition) is 11. The predicted octanol–water partition coefficient (Wildman–Crippen LogP) is -3.23. The van der Waals surface area contributed by atoms with Crippen LogP contribution in [0.5, 0.6) is 0 Å². The van der Waals surface area contributed by atoms with Crippen LogP contribution in [0.2, 0.25) is 0 Å². The van der Waals surface area contributed by atoms with E-state index in [9.17, 15) is 21.9 Å². The highest BCUT2D eigenvalue weighted by Crippen LogP contribution is 2.14. The largest absolute Gasteiger partial charge is 0.395 e. The van der Waals surface area contributed by atoms with Gasteiger partial charge < -0.3 is 10.2 Å². The van der Waals surface area contributed by atoms with Crippen LogP contribution in [0.4, 0.5) is 0 Å². The summed E-state index contributed by atoms with van der Waals surface area (Å²) in [5, 5.41) is 18.2. The minimum atomic E-state index is -4.11. The molecule has 2 aliphatic rings. The first-order valence-electron chi connectivity index (χ1n) is 10.1. The van der Waals surface area contributed by atoms with Crippen LogP contribution in [0.3, 0.4) is 0 Å². The van der Waals surface area contributed by atoms with Gasteiger partial charge >= 0.3 is 0 Å². The Morgan fingerprint density at radius 2 is 1.27 bits per heavy atom. The number of nitrogens with zero attached hydrogens (tertiary/aromatic N) is 4. The summed E-state index contributed by atoms with van der Waals surface area (Å²) in [5.41, 5.74) is 0. The second kappa shape index (κ2) is 12.0. The average Bonchev–Trinajstić information content (AvgIpc) is 2.67. The number of piperazine rings is 2. The maximum Gasteiger partial charge on any atom is 0.270 e. The number of rotatable bonds is 12. The van der Waals surface area contributed by atoms with E-state index in [-0.39, 0.29) is 38.6 Å². The molecule has 1 unspecified atom stereocenters. The molecule has 3 N–H and O–H groups in total. The zero-order valence-corrected chi connectivity index (χ0v) is 18.8.